The number of amides is 1. The predicted molar refractivity (Wildman–Crippen MR) is 77.6 cm³/mol. The highest BCUT2D eigenvalue weighted by Gasteiger charge is 2.16. The molecule has 0 aromatic rings. The molecule has 1 amide bonds. The molecule has 0 heterocycles. The molecule has 6 heteroatoms. The lowest BCUT2D eigenvalue weighted by atomic mass is 10.1. The van der Waals surface area contributed by atoms with Gasteiger partial charge in [-0.2, -0.15) is 0 Å². The highest BCUT2D eigenvalue weighted by atomic mass is 32.1. The van der Waals surface area contributed by atoms with Crippen LogP contribution in [-0.2, 0) is 9.53 Å². The molecule has 3 N–H and O–H groups in total. The van der Waals surface area contributed by atoms with Gasteiger partial charge in [-0.1, -0.05) is 12.2 Å². The van der Waals surface area contributed by atoms with E-state index in [2.05, 4.69) is 5.32 Å². The number of hydrogen-bond donors (Lipinski definition) is 2. The number of carbonyl (C=O) groups is 1. The first kappa shape index (κ1) is 17.3. The SMILES string of the molecule is COCCN(CCC(N)=S)CC(=O)NC(C)(C)C. The maximum absolute atomic E-state index is 11.8. The molecule has 0 spiro atoms. The first-order chi connectivity index (χ1) is 8.24. The Morgan fingerprint density at radius 3 is 2.44 bits per heavy atom. The zero-order chi connectivity index (χ0) is 14.2. The highest BCUT2D eigenvalue weighted by Crippen LogP contribution is 1.99. The average molecular weight is 275 g/mol. The van der Waals surface area contributed by atoms with Gasteiger partial charge in [0.25, 0.3) is 0 Å². The predicted octanol–water partition coefficient (Wildman–Crippen LogP) is 0.526. The smallest absolute Gasteiger partial charge is 0.234 e. The van der Waals surface area contributed by atoms with Gasteiger partial charge >= 0.3 is 0 Å². The van der Waals surface area contributed by atoms with Gasteiger partial charge in [-0.25, -0.2) is 0 Å². The van der Waals surface area contributed by atoms with Gasteiger partial charge < -0.3 is 15.8 Å². The summed E-state index contributed by atoms with van der Waals surface area (Å²) in [5.74, 6) is 0.00143. The quantitative estimate of drug-likeness (QED) is 0.632. The number of nitrogens with one attached hydrogen (secondary N) is 1. The third-order valence-corrected chi connectivity index (χ3v) is 2.37. The van der Waals surface area contributed by atoms with Crippen molar-refractivity contribution >= 4 is 23.1 Å². The number of hydrogen-bond acceptors (Lipinski definition) is 4. The van der Waals surface area contributed by atoms with E-state index in [0.29, 0.717) is 37.7 Å². The molecule has 106 valence electrons. The standard InChI is InChI=1S/C12H25N3O2S/c1-12(2,3)14-11(16)9-15(7-8-17-4)6-5-10(13)18/h5-9H2,1-4H3,(H2,13,18)(H,14,16). The Labute approximate surface area is 115 Å². The number of methoxy groups -OCH3 is 1. The minimum atomic E-state index is -0.215. The van der Waals surface area contributed by atoms with Crippen molar-refractivity contribution in [2.45, 2.75) is 32.7 Å². The fourth-order valence-corrected chi connectivity index (χ4v) is 1.51. The summed E-state index contributed by atoms with van der Waals surface area (Å²) in [4.78, 5) is 14.3. The summed E-state index contributed by atoms with van der Waals surface area (Å²) in [6.45, 7) is 8.16. The van der Waals surface area contributed by atoms with Gasteiger partial charge in [0.15, 0.2) is 0 Å². The second-order valence-electron chi connectivity index (χ2n) is 5.28. The van der Waals surface area contributed by atoms with E-state index in [1.54, 1.807) is 7.11 Å². The van der Waals surface area contributed by atoms with Gasteiger partial charge in [-0.05, 0) is 20.8 Å². The third kappa shape index (κ3) is 10.4. The molecule has 0 saturated heterocycles. The maximum atomic E-state index is 11.8. The normalized spacial score (nSPS) is 11.6. The molecule has 0 aromatic heterocycles. The van der Waals surface area contributed by atoms with Crippen LogP contribution >= 0.6 is 12.2 Å². The van der Waals surface area contributed by atoms with Gasteiger partial charge in [-0.3, -0.25) is 9.69 Å². The van der Waals surface area contributed by atoms with Crippen molar-refractivity contribution in [3.8, 4) is 0 Å². The van der Waals surface area contributed by atoms with Gasteiger partial charge in [-0.15, -0.1) is 0 Å². The molecule has 0 fully saturated rings. The maximum Gasteiger partial charge on any atom is 0.234 e. The molecule has 0 radical (unpaired) electrons. The fourth-order valence-electron chi connectivity index (χ4n) is 1.42. The number of ether oxygens (including phenoxy) is 1. The van der Waals surface area contributed by atoms with E-state index in [-0.39, 0.29) is 11.4 Å². The van der Waals surface area contributed by atoms with Crippen molar-refractivity contribution in [3.63, 3.8) is 0 Å². The molecule has 0 aliphatic heterocycles. The number of nitrogens with zero attached hydrogens (tertiary/aromatic N) is 1. The Morgan fingerprint density at radius 1 is 1.39 bits per heavy atom. The van der Waals surface area contributed by atoms with E-state index >= 15 is 0 Å². The fraction of sp³-hybridized carbons (Fsp3) is 0.833. The highest BCUT2D eigenvalue weighted by molar-refractivity contribution is 7.80. The molecule has 0 aliphatic rings. The van der Waals surface area contributed by atoms with E-state index < -0.39 is 0 Å². The zero-order valence-corrected chi connectivity index (χ0v) is 12.6. The lowest BCUT2D eigenvalue weighted by Crippen LogP contribution is -2.47. The van der Waals surface area contributed by atoms with Crippen LogP contribution in [0.3, 0.4) is 0 Å². The van der Waals surface area contributed by atoms with Crippen molar-refractivity contribution in [2.24, 2.45) is 5.73 Å². The minimum Gasteiger partial charge on any atom is -0.393 e. The Bertz CT molecular complexity index is 277. The van der Waals surface area contributed by atoms with E-state index in [9.17, 15) is 4.79 Å². The monoisotopic (exact) mass is 275 g/mol. The van der Waals surface area contributed by atoms with Crippen LogP contribution in [0.4, 0.5) is 0 Å². The van der Waals surface area contributed by atoms with Crippen molar-refractivity contribution in [1.29, 1.82) is 0 Å². The van der Waals surface area contributed by atoms with Crippen molar-refractivity contribution in [2.75, 3.05) is 33.4 Å². The van der Waals surface area contributed by atoms with Gasteiger partial charge in [0, 0.05) is 32.2 Å². The number of nitrogens with two attached hydrogens (primary N) is 1. The van der Waals surface area contributed by atoms with Crippen molar-refractivity contribution in [3.05, 3.63) is 0 Å². The zero-order valence-electron chi connectivity index (χ0n) is 11.8. The van der Waals surface area contributed by atoms with Crippen LogP contribution in [0, 0.1) is 0 Å². The molecule has 0 rings (SSSR count). The van der Waals surface area contributed by atoms with Crippen LogP contribution in [0.2, 0.25) is 0 Å². The van der Waals surface area contributed by atoms with E-state index in [0.717, 1.165) is 0 Å². The Balaban J connectivity index is 4.20. The van der Waals surface area contributed by atoms with Crippen LogP contribution in [0.15, 0.2) is 0 Å². The summed E-state index contributed by atoms with van der Waals surface area (Å²) in [6.07, 6.45) is 0.613. The first-order valence-corrected chi connectivity index (χ1v) is 6.46. The summed E-state index contributed by atoms with van der Waals surface area (Å²) in [6, 6.07) is 0. The lowest BCUT2D eigenvalue weighted by molar-refractivity contribution is -0.123. The number of thiocarbonyl (C=S) groups is 1. The first-order valence-electron chi connectivity index (χ1n) is 6.05. The van der Waals surface area contributed by atoms with Crippen LogP contribution < -0.4 is 11.1 Å². The van der Waals surface area contributed by atoms with Gasteiger partial charge in [0.1, 0.15) is 0 Å². The van der Waals surface area contributed by atoms with Crippen molar-refractivity contribution in [1.82, 2.24) is 10.2 Å². The van der Waals surface area contributed by atoms with Crippen LogP contribution in [0.5, 0.6) is 0 Å². The second-order valence-corrected chi connectivity index (χ2v) is 5.81. The van der Waals surface area contributed by atoms with Gasteiger partial charge in [0.2, 0.25) is 5.91 Å². The average Bonchev–Trinajstić information content (AvgIpc) is 2.19. The Kier molecular flexibility index (Phi) is 8.06. The van der Waals surface area contributed by atoms with E-state index in [1.807, 2.05) is 25.7 Å². The molecule has 0 atom stereocenters. The number of carbonyl (C=O) groups excluding carboxylic acids is 1. The largest absolute Gasteiger partial charge is 0.393 e. The molecule has 0 unspecified atom stereocenters. The minimum absolute atomic E-state index is 0.00143. The topological polar surface area (TPSA) is 67.6 Å². The Hall–Kier alpha value is -0.720. The molecule has 0 aromatic carbocycles. The molecule has 0 saturated carbocycles. The summed E-state index contributed by atoms with van der Waals surface area (Å²) in [7, 11) is 1.64. The van der Waals surface area contributed by atoms with Crippen molar-refractivity contribution < 1.29 is 9.53 Å². The summed E-state index contributed by atoms with van der Waals surface area (Å²) in [5.41, 5.74) is 5.26. The molecule has 5 nitrogen and oxygen atoms in total. The lowest BCUT2D eigenvalue weighted by Gasteiger charge is -2.25. The molecule has 18 heavy (non-hydrogen) atoms. The molecular formula is C12H25N3O2S. The van der Waals surface area contributed by atoms with Gasteiger partial charge in [0.05, 0.1) is 18.1 Å². The summed E-state index contributed by atoms with van der Waals surface area (Å²) < 4.78 is 5.02. The second kappa shape index (κ2) is 8.39. The Morgan fingerprint density at radius 2 is 2.00 bits per heavy atom. The summed E-state index contributed by atoms with van der Waals surface area (Å²) >= 11 is 4.85. The molecule has 0 bridgehead atoms. The van der Waals surface area contributed by atoms with Crippen LogP contribution in [0.25, 0.3) is 0 Å². The number of rotatable bonds is 8. The van der Waals surface area contributed by atoms with E-state index in [4.69, 9.17) is 22.7 Å². The molecule has 0 aliphatic carbocycles. The van der Waals surface area contributed by atoms with Crippen LogP contribution in [-0.4, -0.2) is 54.7 Å². The summed E-state index contributed by atoms with van der Waals surface area (Å²) in [5, 5.41) is 2.93. The van der Waals surface area contributed by atoms with E-state index in [1.165, 1.54) is 0 Å². The third-order valence-electron chi connectivity index (χ3n) is 2.17. The van der Waals surface area contributed by atoms with Crippen LogP contribution in [0.1, 0.15) is 27.2 Å². The molecular weight excluding hydrogens is 250 g/mol.